The zero-order valence-electron chi connectivity index (χ0n) is 12.3. The highest BCUT2D eigenvalue weighted by atomic mass is 14.8. The summed E-state index contributed by atoms with van der Waals surface area (Å²) in [7, 11) is 0. The highest BCUT2D eigenvalue weighted by molar-refractivity contribution is 4.61. The van der Waals surface area contributed by atoms with Gasteiger partial charge in [-0.1, -0.05) is 78.1 Å². The molecular formula is C16H34N. The van der Waals surface area contributed by atoms with Gasteiger partial charge in [-0.05, 0) is 19.4 Å². The second-order valence-electron chi connectivity index (χ2n) is 5.13. The first kappa shape index (κ1) is 17.0. The van der Waals surface area contributed by atoms with Crippen LogP contribution in [0.15, 0.2) is 0 Å². The van der Waals surface area contributed by atoms with Crippen molar-refractivity contribution < 1.29 is 0 Å². The molecular weight excluding hydrogens is 206 g/mol. The molecule has 0 aliphatic rings. The monoisotopic (exact) mass is 240 g/mol. The second-order valence-corrected chi connectivity index (χ2v) is 5.13. The van der Waals surface area contributed by atoms with E-state index in [0.717, 1.165) is 0 Å². The first-order valence-corrected chi connectivity index (χ1v) is 7.96. The van der Waals surface area contributed by atoms with Gasteiger partial charge in [-0.3, -0.25) is 0 Å². The molecule has 0 aromatic carbocycles. The smallest absolute Gasteiger partial charge is 0.0221 e. The van der Waals surface area contributed by atoms with Gasteiger partial charge < -0.3 is 5.32 Å². The van der Waals surface area contributed by atoms with Crippen molar-refractivity contribution in [3.8, 4) is 0 Å². The molecule has 17 heavy (non-hydrogen) atoms. The van der Waals surface area contributed by atoms with Crippen LogP contribution in [-0.4, -0.2) is 6.54 Å². The van der Waals surface area contributed by atoms with Crippen molar-refractivity contribution in [2.45, 2.75) is 90.9 Å². The van der Waals surface area contributed by atoms with E-state index >= 15 is 0 Å². The molecule has 0 spiro atoms. The van der Waals surface area contributed by atoms with Gasteiger partial charge >= 0.3 is 0 Å². The van der Waals surface area contributed by atoms with Gasteiger partial charge in [0.15, 0.2) is 0 Å². The third kappa shape index (κ3) is 16.0. The standard InChI is InChI=1S/C16H34N/c1-3-5-7-9-10-11-12-14-16-17-15-13-8-6-4-2/h15,17H,3-14,16H2,1-2H3. The summed E-state index contributed by atoms with van der Waals surface area (Å²) in [4.78, 5) is 0. The minimum atomic E-state index is 1.18. The van der Waals surface area contributed by atoms with Crippen LogP contribution in [0.3, 0.4) is 0 Å². The maximum absolute atomic E-state index is 3.43. The van der Waals surface area contributed by atoms with Crippen LogP contribution < -0.4 is 5.32 Å². The van der Waals surface area contributed by atoms with Crippen LogP contribution in [0.1, 0.15) is 90.9 Å². The zero-order chi connectivity index (χ0) is 12.6. The molecule has 0 amide bonds. The summed E-state index contributed by atoms with van der Waals surface area (Å²) in [5.41, 5.74) is 0. The van der Waals surface area contributed by atoms with E-state index in [1.807, 2.05) is 0 Å². The van der Waals surface area contributed by atoms with E-state index in [1.54, 1.807) is 0 Å². The molecule has 1 radical (unpaired) electrons. The van der Waals surface area contributed by atoms with Crippen molar-refractivity contribution in [3.05, 3.63) is 6.54 Å². The molecule has 0 saturated heterocycles. The van der Waals surface area contributed by atoms with Crippen LogP contribution in [-0.2, 0) is 0 Å². The lowest BCUT2D eigenvalue weighted by Gasteiger charge is -2.04. The van der Waals surface area contributed by atoms with Crippen LogP contribution in [0.4, 0.5) is 0 Å². The lowest BCUT2D eigenvalue weighted by Crippen LogP contribution is -2.11. The van der Waals surface area contributed by atoms with Crippen LogP contribution in [0.2, 0.25) is 0 Å². The molecule has 1 N–H and O–H groups in total. The Morgan fingerprint density at radius 2 is 1.18 bits per heavy atom. The third-order valence-corrected chi connectivity index (χ3v) is 3.27. The molecule has 1 heteroatoms. The Labute approximate surface area is 110 Å². The Morgan fingerprint density at radius 1 is 0.647 bits per heavy atom. The Balaban J connectivity index is 2.85. The molecule has 0 aromatic heterocycles. The van der Waals surface area contributed by atoms with Crippen molar-refractivity contribution in [1.82, 2.24) is 5.32 Å². The molecule has 0 aromatic rings. The summed E-state index contributed by atoms with van der Waals surface area (Å²) in [6.07, 6.45) is 16.6. The highest BCUT2D eigenvalue weighted by Crippen LogP contribution is 2.08. The minimum absolute atomic E-state index is 1.18. The third-order valence-electron chi connectivity index (χ3n) is 3.27. The van der Waals surface area contributed by atoms with Gasteiger partial charge in [0.1, 0.15) is 0 Å². The maximum atomic E-state index is 3.43. The molecule has 0 aliphatic carbocycles. The quantitative estimate of drug-likeness (QED) is 0.398. The van der Waals surface area contributed by atoms with Crippen LogP contribution in [0.5, 0.6) is 0 Å². The average Bonchev–Trinajstić information content (AvgIpc) is 2.35. The van der Waals surface area contributed by atoms with Gasteiger partial charge in [-0.2, -0.15) is 0 Å². The Morgan fingerprint density at radius 3 is 1.82 bits per heavy atom. The van der Waals surface area contributed by atoms with Gasteiger partial charge in [0, 0.05) is 6.54 Å². The molecule has 0 atom stereocenters. The van der Waals surface area contributed by atoms with E-state index in [9.17, 15) is 0 Å². The molecule has 0 bridgehead atoms. The normalized spacial score (nSPS) is 10.9. The van der Waals surface area contributed by atoms with Gasteiger partial charge in [-0.25, -0.2) is 0 Å². The fourth-order valence-corrected chi connectivity index (χ4v) is 2.06. The van der Waals surface area contributed by atoms with Crippen molar-refractivity contribution in [1.29, 1.82) is 0 Å². The fourth-order valence-electron chi connectivity index (χ4n) is 2.06. The Bertz CT molecular complexity index is 109. The fraction of sp³-hybridized carbons (Fsp3) is 0.938. The number of unbranched alkanes of at least 4 members (excludes halogenated alkanes) is 10. The number of nitrogens with one attached hydrogen (secondary N) is 1. The molecule has 0 heterocycles. The minimum Gasteiger partial charge on any atom is -0.312 e. The topological polar surface area (TPSA) is 12.0 Å². The second kappa shape index (κ2) is 16.0. The average molecular weight is 240 g/mol. The number of hydrogen-bond acceptors (Lipinski definition) is 1. The van der Waals surface area contributed by atoms with Crippen LogP contribution in [0, 0.1) is 6.54 Å². The summed E-state index contributed by atoms with van der Waals surface area (Å²) in [6, 6.07) is 0. The van der Waals surface area contributed by atoms with Crippen molar-refractivity contribution in [2.24, 2.45) is 0 Å². The lowest BCUT2D eigenvalue weighted by molar-refractivity contribution is 0.561. The molecule has 0 saturated carbocycles. The van der Waals surface area contributed by atoms with E-state index < -0.39 is 0 Å². The summed E-state index contributed by atoms with van der Waals surface area (Å²) in [5, 5.41) is 3.43. The molecule has 0 fully saturated rings. The maximum Gasteiger partial charge on any atom is 0.0221 e. The van der Waals surface area contributed by atoms with Crippen molar-refractivity contribution >= 4 is 0 Å². The molecule has 0 rings (SSSR count). The van der Waals surface area contributed by atoms with E-state index in [0.29, 0.717) is 0 Å². The summed E-state index contributed by atoms with van der Waals surface area (Å²) in [5.74, 6) is 0. The van der Waals surface area contributed by atoms with E-state index in [1.165, 1.54) is 83.6 Å². The number of hydrogen-bond donors (Lipinski definition) is 1. The van der Waals surface area contributed by atoms with Crippen LogP contribution in [0.25, 0.3) is 0 Å². The predicted molar refractivity (Wildman–Crippen MR) is 79.1 cm³/mol. The van der Waals surface area contributed by atoms with E-state index in [2.05, 4.69) is 25.7 Å². The summed E-state index contributed by atoms with van der Waals surface area (Å²) >= 11 is 0. The van der Waals surface area contributed by atoms with Gasteiger partial charge in [0.2, 0.25) is 0 Å². The molecule has 0 unspecified atom stereocenters. The first-order valence-electron chi connectivity index (χ1n) is 7.96. The SMILES string of the molecule is CCCCC[CH]NCCCCCCCCCC. The van der Waals surface area contributed by atoms with Crippen molar-refractivity contribution in [2.75, 3.05) is 6.54 Å². The van der Waals surface area contributed by atoms with Gasteiger partial charge in [0.05, 0.1) is 0 Å². The first-order chi connectivity index (χ1) is 8.41. The number of rotatable bonds is 14. The van der Waals surface area contributed by atoms with E-state index in [-0.39, 0.29) is 0 Å². The highest BCUT2D eigenvalue weighted by Gasteiger charge is 1.92. The summed E-state index contributed by atoms with van der Waals surface area (Å²) < 4.78 is 0. The van der Waals surface area contributed by atoms with Crippen LogP contribution >= 0.6 is 0 Å². The van der Waals surface area contributed by atoms with E-state index in [4.69, 9.17) is 0 Å². The lowest BCUT2D eigenvalue weighted by atomic mass is 10.1. The van der Waals surface area contributed by atoms with Gasteiger partial charge in [0.25, 0.3) is 0 Å². The molecule has 1 nitrogen and oxygen atoms in total. The largest absolute Gasteiger partial charge is 0.312 e. The van der Waals surface area contributed by atoms with Crippen molar-refractivity contribution in [3.63, 3.8) is 0 Å². The predicted octanol–water partition coefficient (Wildman–Crippen LogP) is 5.46. The Kier molecular flexibility index (Phi) is 15.9. The molecule has 0 aliphatic heterocycles. The zero-order valence-corrected chi connectivity index (χ0v) is 12.3. The summed E-state index contributed by atoms with van der Waals surface area (Å²) in [6.45, 7) is 7.98. The Hall–Kier alpha value is -0.0400. The molecule has 103 valence electrons. The van der Waals surface area contributed by atoms with Gasteiger partial charge in [-0.15, -0.1) is 0 Å².